The first kappa shape index (κ1) is 22.7. The third-order valence-electron chi connectivity index (χ3n) is 5.43. The molecule has 1 unspecified atom stereocenters. The van der Waals surface area contributed by atoms with E-state index in [1.165, 1.54) is 19.3 Å². The van der Waals surface area contributed by atoms with Crippen molar-refractivity contribution in [2.45, 2.75) is 58.0 Å². The molecule has 164 valence electrons. The van der Waals surface area contributed by atoms with Gasteiger partial charge in [0.1, 0.15) is 12.5 Å². The molecule has 0 radical (unpaired) electrons. The molecule has 1 heterocycles. The lowest BCUT2D eigenvalue weighted by Gasteiger charge is -2.30. The largest absolute Gasteiger partial charge is 0.355 e. The zero-order valence-electron chi connectivity index (χ0n) is 18.0. The lowest BCUT2D eigenvalue weighted by atomic mass is 9.88. The Kier molecular flexibility index (Phi) is 8.35. The molecule has 0 fully saturated rings. The van der Waals surface area contributed by atoms with Gasteiger partial charge in [0.05, 0.1) is 0 Å². The van der Waals surface area contributed by atoms with Gasteiger partial charge in [-0.1, -0.05) is 87.6 Å². The summed E-state index contributed by atoms with van der Waals surface area (Å²) in [6.07, 6.45) is 6.68. The number of imide groups is 1. The average molecular weight is 423 g/mol. The number of rotatable bonds is 11. The van der Waals surface area contributed by atoms with Gasteiger partial charge in [-0.2, -0.15) is 0 Å². The molecule has 0 aliphatic carbocycles. The Morgan fingerprint density at radius 1 is 0.935 bits per heavy atom. The zero-order chi connectivity index (χ0) is 22.1. The van der Waals surface area contributed by atoms with E-state index >= 15 is 0 Å². The van der Waals surface area contributed by atoms with Gasteiger partial charge < -0.3 is 5.32 Å². The minimum atomic E-state index is -1.09. The quantitative estimate of drug-likeness (QED) is 0.332. The van der Waals surface area contributed by atoms with E-state index in [-0.39, 0.29) is 6.61 Å². The summed E-state index contributed by atoms with van der Waals surface area (Å²) in [5.74, 6) is -2.69. The predicted octanol–water partition coefficient (Wildman–Crippen LogP) is 4.36. The summed E-state index contributed by atoms with van der Waals surface area (Å²) in [5, 5.41) is 3.61. The van der Waals surface area contributed by atoms with Gasteiger partial charge in [0.25, 0.3) is 11.8 Å². The van der Waals surface area contributed by atoms with E-state index in [0.29, 0.717) is 17.7 Å². The third-order valence-corrected chi connectivity index (χ3v) is 5.43. The van der Waals surface area contributed by atoms with E-state index < -0.39 is 23.6 Å². The molecule has 1 aliphatic heterocycles. The fraction of sp³-hybridized carbons (Fsp3) is 0.400. The van der Waals surface area contributed by atoms with Crippen molar-refractivity contribution in [3.8, 4) is 0 Å². The Bertz CT molecular complexity index is 897. The molecule has 1 aliphatic rings. The van der Waals surface area contributed by atoms with Crippen LogP contribution in [0.25, 0.3) is 0 Å². The van der Waals surface area contributed by atoms with Crippen LogP contribution in [0.2, 0.25) is 0 Å². The highest BCUT2D eigenvalue weighted by Crippen LogP contribution is 2.30. The summed E-state index contributed by atoms with van der Waals surface area (Å²) in [5.41, 5.74) is 1.57. The van der Waals surface area contributed by atoms with Crippen molar-refractivity contribution in [1.29, 1.82) is 0 Å². The molecule has 0 saturated heterocycles. The zero-order valence-corrected chi connectivity index (χ0v) is 18.0. The molecule has 6 heteroatoms. The van der Waals surface area contributed by atoms with Gasteiger partial charge in [-0.05, 0) is 23.6 Å². The van der Waals surface area contributed by atoms with E-state index in [9.17, 15) is 14.4 Å². The number of amides is 3. The van der Waals surface area contributed by atoms with Gasteiger partial charge in [-0.15, -0.1) is 5.06 Å². The number of fused-ring (bicyclic) bond motifs is 1. The van der Waals surface area contributed by atoms with Crippen molar-refractivity contribution >= 4 is 17.7 Å². The molecule has 3 rings (SSSR count). The number of nitrogens with one attached hydrogen (secondary N) is 1. The maximum Gasteiger partial charge on any atom is 0.285 e. The molecular weight excluding hydrogens is 392 g/mol. The summed E-state index contributed by atoms with van der Waals surface area (Å²) in [6, 6.07) is 16.0. The lowest BCUT2D eigenvalue weighted by Crippen LogP contribution is -2.49. The van der Waals surface area contributed by atoms with E-state index in [0.717, 1.165) is 29.9 Å². The van der Waals surface area contributed by atoms with Crippen LogP contribution in [0, 0.1) is 0 Å². The Morgan fingerprint density at radius 3 is 2.39 bits per heavy atom. The van der Waals surface area contributed by atoms with Crippen LogP contribution in [-0.4, -0.2) is 29.3 Å². The molecule has 0 spiro atoms. The smallest absolute Gasteiger partial charge is 0.285 e. The Labute approximate surface area is 183 Å². The summed E-state index contributed by atoms with van der Waals surface area (Å²) < 4.78 is 0. The number of carbonyl (C=O) groups excluding carboxylic acids is 3. The van der Waals surface area contributed by atoms with Crippen molar-refractivity contribution in [3.05, 3.63) is 71.3 Å². The topological polar surface area (TPSA) is 75.7 Å². The molecule has 0 bridgehead atoms. The van der Waals surface area contributed by atoms with Crippen molar-refractivity contribution < 1.29 is 19.2 Å². The lowest BCUT2D eigenvalue weighted by molar-refractivity contribution is -0.177. The van der Waals surface area contributed by atoms with Gasteiger partial charge in [0.15, 0.2) is 0 Å². The molecule has 1 atom stereocenters. The standard InChI is InChI=1S/C25H30N2O4/c1-2-3-4-5-6-12-17-26-23(28)22-20-15-10-11-16-21(20)24(29)27(25(22)30)31-18-19-13-8-7-9-14-19/h7-11,13-16,22H,2-6,12,17-18H2,1H3,(H,26,28). The monoisotopic (exact) mass is 422 g/mol. The van der Waals surface area contributed by atoms with Crippen molar-refractivity contribution in [1.82, 2.24) is 10.4 Å². The normalized spacial score (nSPS) is 15.6. The number of nitrogens with zero attached hydrogens (tertiary/aromatic N) is 1. The van der Waals surface area contributed by atoms with Gasteiger partial charge in [-0.25, -0.2) is 0 Å². The third kappa shape index (κ3) is 5.79. The summed E-state index contributed by atoms with van der Waals surface area (Å²) in [6.45, 7) is 2.75. The van der Waals surface area contributed by atoms with Crippen LogP contribution in [0.4, 0.5) is 0 Å². The van der Waals surface area contributed by atoms with Gasteiger partial charge >= 0.3 is 0 Å². The number of hydrogen-bond donors (Lipinski definition) is 1. The highest BCUT2D eigenvalue weighted by atomic mass is 16.7. The molecule has 2 aromatic carbocycles. The highest BCUT2D eigenvalue weighted by Gasteiger charge is 2.43. The van der Waals surface area contributed by atoms with Crippen LogP contribution in [0.5, 0.6) is 0 Å². The number of benzene rings is 2. The molecular formula is C25H30N2O4. The van der Waals surface area contributed by atoms with Crippen LogP contribution >= 0.6 is 0 Å². The van der Waals surface area contributed by atoms with Gasteiger partial charge in [-0.3, -0.25) is 19.2 Å². The Hall–Kier alpha value is -2.99. The minimum Gasteiger partial charge on any atom is -0.355 e. The average Bonchev–Trinajstić information content (AvgIpc) is 2.79. The summed E-state index contributed by atoms with van der Waals surface area (Å²) in [7, 11) is 0. The number of unbranched alkanes of at least 4 members (excludes halogenated alkanes) is 5. The van der Waals surface area contributed by atoms with E-state index in [1.54, 1.807) is 24.3 Å². The summed E-state index contributed by atoms with van der Waals surface area (Å²) >= 11 is 0. The second-order valence-corrected chi connectivity index (χ2v) is 7.78. The summed E-state index contributed by atoms with van der Waals surface area (Å²) in [4.78, 5) is 44.4. The van der Waals surface area contributed by atoms with Crippen LogP contribution < -0.4 is 5.32 Å². The number of carbonyl (C=O) groups is 3. The van der Waals surface area contributed by atoms with Crippen LogP contribution in [0.15, 0.2) is 54.6 Å². The minimum absolute atomic E-state index is 0.0621. The Balaban J connectivity index is 1.66. The number of hydrogen-bond acceptors (Lipinski definition) is 4. The molecule has 1 N–H and O–H groups in total. The van der Waals surface area contributed by atoms with Crippen LogP contribution in [0.3, 0.4) is 0 Å². The highest BCUT2D eigenvalue weighted by molar-refractivity contribution is 6.18. The van der Waals surface area contributed by atoms with Crippen molar-refractivity contribution in [2.75, 3.05) is 6.54 Å². The molecule has 2 aromatic rings. The Morgan fingerprint density at radius 2 is 1.61 bits per heavy atom. The van der Waals surface area contributed by atoms with E-state index in [2.05, 4.69) is 12.2 Å². The number of hydroxylamine groups is 2. The maximum absolute atomic E-state index is 13.1. The van der Waals surface area contributed by atoms with Gasteiger partial charge in [0, 0.05) is 12.1 Å². The predicted molar refractivity (Wildman–Crippen MR) is 118 cm³/mol. The van der Waals surface area contributed by atoms with Crippen molar-refractivity contribution in [3.63, 3.8) is 0 Å². The van der Waals surface area contributed by atoms with Crippen LogP contribution in [0.1, 0.15) is 72.9 Å². The van der Waals surface area contributed by atoms with Crippen LogP contribution in [-0.2, 0) is 21.0 Å². The molecule has 0 aromatic heterocycles. The molecule has 6 nitrogen and oxygen atoms in total. The van der Waals surface area contributed by atoms with Gasteiger partial charge in [0.2, 0.25) is 5.91 Å². The van der Waals surface area contributed by atoms with Crippen molar-refractivity contribution in [2.24, 2.45) is 0 Å². The fourth-order valence-electron chi connectivity index (χ4n) is 3.71. The SMILES string of the molecule is CCCCCCCCNC(=O)C1C(=O)N(OCc2ccccc2)C(=O)c2ccccc21. The fourth-order valence-corrected chi connectivity index (χ4v) is 3.71. The molecule has 31 heavy (non-hydrogen) atoms. The first-order valence-electron chi connectivity index (χ1n) is 11.0. The second-order valence-electron chi connectivity index (χ2n) is 7.78. The van der Waals surface area contributed by atoms with E-state index in [1.807, 2.05) is 30.3 Å². The molecule has 3 amide bonds. The maximum atomic E-state index is 13.1. The first-order valence-corrected chi connectivity index (χ1v) is 11.0. The first-order chi connectivity index (χ1) is 15.1. The van der Waals surface area contributed by atoms with E-state index in [4.69, 9.17) is 4.84 Å². The second kappa shape index (κ2) is 11.4. The molecule has 0 saturated carbocycles.